The van der Waals surface area contributed by atoms with Gasteiger partial charge in [-0.1, -0.05) is 11.6 Å². The van der Waals surface area contributed by atoms with Crippen LogP contribution >= 0.6 is 22.9 Å². The topological polar surface area (TPSA) is 42.0 Å². The maximum atomic E-state index is 11.7. The Morgan fingerprint density at radius 2 is 2.38 bits per heavy atom. The fourth-order valence-electron chi connectivity index (χ4n) is 1.23. The third-order valence-electron chi connectivity index (χ3n) is 2.05. The molecule has 0 radical (unpaired) electrons. The first kappa shape index (κ1) is 11.1. The summed E-state index contributed by atoms with van der Waals surface area (Å²) in [5.74, 6) is -0.182. The maximum Gasteiger partial charge on any atom is 0.253 e. The van der Waals surface area contributed by atoms with E-state index in [0.717, 1.165) is 5.56 Å². The molecule has 0 spiro atoms. The number of hydrogen-bond acceptors (Lipinski definition) is 3. The molecule has 0 bridgehead atoms. The summed E-state index contributed by atoms with van der Waals surface area (Å²) < 4.78 is 0. The van der Waals surface area contributed by atoms with E-state index in [-0.39, 0.29) is 5.91 Å². The Kier molecular flexibility index (Phi) is 3.54. The van der Waals surface area contributed by atoms with Gasteiger partial charge in [-0.2, -0.15) is 11.3 Å². The van der Waals surface area contributed by atoms with Crippen LogP contribution < -0.4 is 5.32 Å². The van der Waals surface area contributed by atoms with Gasteiger partial charge in [-0.25, -0.2) is 0 Å². The van der Waals surface area contributed by atoms with E-state index in [1.165, 1.54) is 6.20 Å². The SMILES string of the molecule is O=C(NCc1ccsc1)c1ccncc1Cl. The first-order valence-corrected chi connectivity index (χ1v) is 5.98. The van der Waals surface area contributed by atoms with Crippen LogP contribution in [-0.4, -0.2) is 10.9 Å². The lowest BCUT2D eigenvalue weighted by Crippen LogP contribution is -2.22. The van der Waals surface area contributed by atoms with Crippen LogP contribution in [0.3, 0.4) is 0 Å². The normalized spacial score (nSPS) is 10.1. The van der Waals surface area contributed by atoms with Crippen molar-refractivity contribution in [2.24, 2.45) is 0 Å². The Morgan fingerprint density at radius 3 is 3.06 bits per heavy atom. The summed E-state index contributed by atoms with van der Waals surface area (Å²) in [5, 5.41) is 7.13. The van der Waals surface area contributed by atoms with Crippen LogP contribution in [0.25, 0.3) is 0 Å². The Bertz CT molecular complexity index is 484. The molecule has 1 N–H and O–H groups in total. The second-order valence-corrected chi connectivity index (χ2v) is 4.36. The average Bonchev–Trinajstić information content (AvgIpc) is 2.79. The molecule has 2 rings (SSSR count). The van der Waals surface area contributed by atoms with Crippen molar-refractivity contribution in [1.29, 1.82) is 0 Å². The van der Waals surface area contributed by atoms with E-state index in [0.29, 0.717) is 17.1 Å². The van der Waals surface area contributed by atoms with Gasteiger partial charge < -0.3 is 5.32 Å². The number of thiophene rings is 1. The molecular weight excluding hydrogens is 244 g/mol. The summed E-state index contributed by atoms with van der Waals surface area (Å²) in [6.45, 7) is 0.515. The number of pyridine rings is 1. The lowest BCUT2D eigenvalue weighted by atomic mass is 10.2. The highest BCUT2D eigenvalue weighted by Gasteiger charge is 2.09. The number of amides is 1. The Morgan fingerprint density at radius 1 is 1.50 bits per heavy atom. The predicted octanol–water partition coefficient (Wildman–Crippen LogP) is 2.73. The lowest BCUT2D eigenvalue weighted by molar-refractivity contribution is 0.0951. The van der Waals surface area contributed by atoms with Crippen molar-refractivity contribution in [3.05, 3.63) is 51.4 Å². The number of aromatic nitrogens is 1. The van der Waals surface area contributed by atoms with Crippen LogP contribution in [0.4, 0.5) is 0 Å². The summed E-state index contributed by atoms with van der Waals surface area (Å²) >= 11 is 7.46. The Balaban J connectivity index is 2.01. The van der Waals surface area contributed by atoms with E-state index in [9.17, 15) is 4.79 Å². The van der Waals surface area contributed by atoms with Crippen molar-refractivity contribution in [3.63, 3.8) is 0 Å². The molecule has 0 aliphatic carbocycles. The fourth-order valence-corrected chi connectivity index (χ4v) is 2.10. The van der Waals surface area contributed by atoms with Crippen molar-refractivity contribution >= 4 is 28.8 Å². The molecule has 82 valence electrons. The fraction of sp³-hybridized carbons (Fsp3) is 0.0909. The molecule has 0 aliphatic heterocycles. The molecule has 0 saturated carbocycles. The Labute approximate surface area is 102 Å². The van der Waals surface area contributed by atoms with Gasteiger partial charge in [0.15, 0.2) is 0 Å². The zero-order chi connectivity index (χ0) is 11.4. The maximum absolute atomic E-state index is 11.7. The van der Waals surface area contributed by atoms with Gasteiger partial charge in [0.2, 0.25) is 0 Å². The molecule has 3 nitrogen and oxygen atoms in total. The van der Waals surface area contributed by atoms with Gasteiger partial charge in [-0.05, 0) is 28.5 Å². The summed E-state index contributed by atoms with van der Waals surface area (Å²) in [6, 6.07) is 3.57. The molecule has 2 heterocycles. The van der Waals surface area contributed by atoms with Crippen LogP contribution in [0.15, 0.2) is 35.3 Å². The number of nitrogens with one attached hydrogen (secondary N) is 1. The highest BCUT2D eigenvalue weighted by molar-refractivity contribution is 7.07. The molecular formula is C11H9ClN2OS. The van der Waals surface area contributed by atoms with E-state index in [1.807, 2.05) is 16.8 Å². The minimum Gasteiger partial charge on any atom is -0.348 e. The van der Waals surface area contributed by atoms with Gasteiger partial charge >= 0.3 is 0 Å². The van der Waals surface area contributed by atoms with Crippen molar-refractivity contribution in [2.45, 2.75) is 6.54 Å². The third-order valence-corrected chi connectivity index (χ3v) is 3.08. The quantitative estimate of drug-likeness (QED) is 0.913. The van der Waals surface area contributed by atoms with Crippen molar-refractivity contribution in [2.75, 3.05) is 0 Å². The monoisotopic (exact) mass is 252 g/mol. The number of nitrogens with zero attached hydrogens (tertiary/aromatic N) is 1. The molecule has 0 unspecified atom stereocenters. The standard InChI is InChI=1S/C11H9ClN2OS/c12-10-6-13-3-1-9(10)11(15)14-5-8-2-4-16-7-8/h1-4,6-7H,5H2,(H,14,15). The molecule has 2 aromatic heterocycles. The van der Waals surface area contributed by atoms with Crippen LogP contribution in [0.1, 0.15) is 15.9 Å². The van der Waals surface area contributed by atoms with Crippen molar-refractivity contribution in [3.8, 4) is 0 Å². The van der Waals surface area contributed by atoms with Gasteiger partial charge in [-0.15, -0.1) is 0 Å². The highest BCUT2D eigenvalue weighted by atomic mass is 35.5. The zero-order valence-electron chi connectivity index (χ0n) is 8.31. The van der Waals surface area contributed by atoms with Crippen LogP contribution in [-0.2, 0) is 6.54 Å². The second-order valence-electron chi connectivity index (χ2n) is 3.17. The summed E-state index contributed by atoms with van der Waals surface area (Å²) in [5.41, 5.74) is 1.54. The zero-order valence-corrected chi connectivity index (χ0v) is 9.89. The van der Waals surface area contributed by atoms with Gasteiger partial charge in [-0.3, -0.25) is 9.78 Å². The largest absolute Gasteiger partial charge is 0.348 e. The summed E-state index contributed by atoms with van der Waals surface area (Å²) in [7, 11) is 0. The van der Waals surface area contributed by atoms with Crippen molar-refractivity contribution < 1.29 is 4.79 Å². The minimum atomic E-state index is -0.182. The third kappa shape index (κ3) is 2.59. The van der Waals surface area contributed by atoms with E-state index < -0.39 is 0 Å². The molecule has 1 amide bonds. The summed E-state index contributed by atoms with van der Waals surface area (Å²) in [4.78, 5) is 15.6. The number of carbonyl (C=O) groups excluding carboxylic acids is 1. The lowest BCUT2D eigenvalue weighted by Gasteiger charge is -2.04. The molecule has 2 aromatic rings. The van der Waals surface area contributed by atoms with Gasteiger partial charge in [0, 0.05) is 18.9 Å². The van der Waals surface area contributed by atoms with Crippen LogP contribution in [0.5, 0.6) is 0 Å². The second kappa shape index (κ2) is 5.09. The van der Waals surface area contributed by atoms with Gasteiger partial charge in [0.25, 0.3) is 5.91 Å². The average molecular weight is 253 g/mol. The highest BCUT2D eigenvalue weighted by Crippen LogP contribution is 2.13. The predicted molar refractivity (Wildman–Crippen MR) is 64.7 cm³/mol. The first-order chi connectivity index (χ1) is 7.77. The van der Waals surface area contributed by atoms with Crippen molar-refractivity contribution in [1.82, 2.24) is 10.3 Å². The number of hydrogen-bond donors (Lipinski definition) is 1. The smallest absolute Gasteiger partial charge is 0.253 e. The van der Waals surface area contributed by atoms with E-state index >= 15 is 0 Å². The molecule has 0 atom stereocenters. The molecule has 5 heteroatoms. The Hall–Kier alpha value is -1.39. The summed E-state index contributed by atoms with van der Waals surface area (Å²) in [6.07, 6.45) is 3.01. The molecule has 0 saturated heterocycles. The van der Waals surface area contributed by atoms with Gasteiger partial charge in [0.1, 0.15) is 0 Å². The minimum absolute atomic E-state index is 0.182. The first-order valence-electron chi connectivity index (χ1n) is 4.66. The number of carbonyl (C=O) groups is 1. The van der Waals surface area contributed by atoms with Crippen LogP contribution in [0, 0.1) is 0 Å². The number of rotatable bonds is 3. The van der Waals surface area contributed by atoms with E-state index in [4.69, 9.17) is 11.6 Å². The van der Waals surface area contributed by atoms with E-state index in [2.05, 4.69) is 10.3 Å². The molecule has 16 heavy (non-hydrogen) atoms. The number of halogens is 1. The molecule has 0 aliphatic rings. The van der Waals surface area contributed by atoms with E-state index in [1.54, 1.807) is 23.6 Å². The molecule has 0 fully saturated rings. The molecule has 0 aromatic carbocycles. The van der Waals surface area contributed by atoms with Crippen LogP contribution in [0.2, 0.25) is 5.02 Å². The van der Waals surface area contributed by atoms with Gasteiger partial charge in [0.05, 0.1) is 10.6 Å².